The highest BCUT2D eigenvalue weighted by Crippen LogP contribution is 2.27. The molecule has 0 saturated carbocycles. The number of rotatable bonds is 7. The summed E-state index contributed by atoms with van der Waals surface area (Å²) in [6, 6.07) is 7.69. The second-order valence-electron chi connectivity index (χ2n) is 6.19. The van der Waals surface area contributed by atoms with Gasteiger partial charge in [0.1, 0.15) is 5.69 Å². The van der Waals surface area contributed by atoms with E-state index in [2.05, 4.69) is 41.4 Å². The molecule has 0 aliphatic carbocycles. The van der Waals surface area contributed by atoms with Crippen molar-refractivity contribution >= 4 is 17.5 Å². The molecular formula is C19H26N4O. The lowest BCUT2D eigenvalue weighted by Gasteiger charge is -2.16. The zero-order valence-corrected chi connectivity index (χ0v) is 14.9. The lowest BCUT2D eigenvalue weighted by atomic mass is 9.98. The van der Waals surface area contributed by atoms with Crippen molar-refractivity contribution in [3.05, 3.63) is 47.3 Å². The van der Waals surface area contributed by atoms with Gasteiger partial charge in [0.2, 0.25) is 5.95 Å². The van der Waals surface area contributed by atoms with Gasteiger partial charge in [-0.25, -0.2) is 9.97 Å². The largest absolute Gasteiger partial charge is 0.354 e. The molecule has 0 atom stereocenters. The van der Waals surface area contributed by atoms with Gasteiger partial charge in [-0.05, 0) is 36.5 Å². The number of aromatic nitrogens is 2. The topological polar surface area (TPSA) is 66.9 Å². The van der Waals surface area contributed by atoms with E-state index in [0.717, 1.165) is 36.2 Å². The van der Waals surface area contributed by atoms with E-state index in [1.807, 2.05) is 25.1 Å². The zero-order chi connectivity index (χ0) is 17.5. The maximum atomic E-state index is 12.6. The summed E-state index contributed by atoms with van der Waals surface area (Å²) in [7, 11) is 0. The fourth-order valence-corrected chi connectivity index (χ4v) is 2.47. The Morgan fingerprint density at radius 3 is 2.75 bits per heavy atom. The Morgan fingerprint density at radius 1 is 1.25 bits per heavy atom. The number of benzene rings is 1. The van der Waals surface area contributed by atoms with Crippen LogP contribution >= 0.6 is 0 Å². The average molecular weight is 326 g/mol. The first-order valence-corrected chi connectivity index (χ1v) is 8.50. The second kappa shape index (κ2) is 8.43. The Hall–Kier alpha value is -2.43. The molecule has 0 bridgehead atoms. The highest BCUT2D eigenvalue weighted by molar-refractivity contribution is 6.03. The summed E-state index contributed by atoms with van der Waals surface area (Å²) in [6.07, 6.45) is 3.75. The Bertz CT molecular complexity index is 698. The summed E-state index contributed by atoms with van der Waals surface area (Å²) >= 11 is 0. The van der Waals surface area contributed by atoms with E-state index < -0.39 is 0 Å². The zero-order valence-electron chi connectivity index (χ0n) is 14.9. The molecule has 0 saturated heterocycles. The van der Waals surface area contributed by atoms with Crippen LogP contribution in [-0.2, 0) is 0 Å². The summed E-state index contributed by atoms with van der Waals surface area (Å²) in [4.78, 5) is 21.1. The molecule has 5 nitrogen and oxygen atoms in total. The monoisotopic (exact) mass is 326 g/mol. The van der Waals surface area contributed by atoms with Crippen LogP contribution in [0.3, 0.4) is 0 Å². The minimum Gasteiger partial charge on any atom is -0.354 e. The van der Waals surface area contributed by atoms with Gasteiger partial charge in [-0.15, -0.1) is 0 Å². The van der Waals surface area contributed by atoms with Gasteiger partial charge in [-0.3, -0.25) is 4.79 Å². The molecule has 0 fully saturated rings. The summed E-state index contributed by atoms with van der Waals surface area (Å²) in [5.74, 6) is 0.606. The van der Waals surface area contributed by atoms with Crippen molar-refractivity contribution in [1.82, 2.24) is 9.97 Å². The minimum atomic E-state index is -0.216. The lowest BCUT2D eigenvalue weighted by Crippen LogP contribution is -2.17. The van der Waals surface area contributed by atoms with Gasteiger partial charge in [0.05, 0.1) is 0 Å². The number of carbonyl (C=O) groups is 1. The molecule has 5 heteroatoms. The lowest BCUT2D eigenvalue weighted by molar-refractivity contribution is 0.102. The molecule has 1 amide bonds. The first-order chi connectivity index (χ1) is 11.5. The first kappa shape index (κ1) is 17.9. The van der Waals surface area contributed by atoms with Crippen LogP contribution in [0.4, 0.5) is 11.6 Å². The smallest absolute Gasteiger partial charge is 0.274 e. The third-order valence-corrected chi connectivity index (χ3v) is 3.87. The van der Waals surface area contributed by atoms with Gasteiger partial charge in [0.15, 0.2) is 0 Å². The second-order valence-corrected chi connectivity index (χ2v) is 6.19. The number of hydrogen-bond donors (Lipinski definition) is 2. The van der Waals surface area contributed by atoms with E-state index in [9.17, 15) is 4.79 Å². The highest BCUT2D eigenvalue weighted by Gasteiger charge is 2.14. The summed E-state index contributed by atoms with van der Waals surface area (Å²) in [5, 5.41) is 6.16. The predicted octanol–water partition coefficient (Wildman–Crippen LogP) is 4.37. The minimum absolute atomic E-state index is 0.216. The van der Waals surface area contributed by atoms with Gasteiger partial charge >= 0.3 is 0 Å². The molecule has 0 spiro atoms. The molecule has 2 N–H and O–H groups in total. The number of carbonyl (C=O) groups excluding carboxylic acids is 1. The number of amides is 1. The maximum Gasteiger partial charge on any atom is 0.274 e. The molecule has 2 aromatic rings. The first-order valence-electron chi connectivity index (χ1n) is 8.50. The molecule has 1 heterocycles. The van der Waals surface area contributed by atoms with Crippen molar-refractivity contribution in [1.29, 1.82) is 0 Å². The molecule has 0 radical (unpaired) electrons. The van der Waals surface area contributed by atoms with Gasteiger partial charge in [0, 0.05) is 18.4 Å². The van der Waals surface area contributed by atoms with Gasteiger partial charge in [-0.2, -0.15) is 0 Å². The quantitative estimate of drug-likeness (QED) is 0.741. The fraction of sp³-hybridized carbons (Fsp3) is 0.421. The van der Waals surface area contributed by atoms with E-state index in [1.165, 1.54) is 0 Å². The van der Waals surface area contributed by atoms with Gasteiger partial charge < -0.3 is 10.6 Å². The number of aryl methyl sites for hydroxylation is 1. The van der Waals surface area contributed by atoms with E-state index in [-0.39, 0.29) is 5.91 Å². The molecule has 0 aliphatic rings. The third-order valence-electron chi connectivity index (χ3n) is 3.87. The SMILES string of the molecule is CCCCNc1nccc(C(=O)Nc2c(C)cccc2C(C)C)n1. The maximum absolute atomic E-state index is 12.6. The van der Waals surface area contributed by atoms with Gasteiger partial charge in [0.25, 0.3) is 5.91 Å². The van der Waals surface area contributed by atoms with Crippen molar-refractivity contribution in [2.75, 3.05) is 17.2 Å². The Morgan fingerprint density at radius 2 is 2.04 bits per heavy atom. The van der Waals surface area contributed by atoms with Crippen molar-refractivity contribution < 1.29 is 4.79 Å². The number of hydrogen-bond acceptors (Lipinski definition) is 4. The highest BCUT2D eigenvalue weighted by atomic mass is 16.1. The van der Waals surface area contributed by atoms with Crippen LogP contribution in [0.5, 0.6) is 0 Å². The normalized spacial score (nSPS) is 10.7. The van der Waals surface area contributed by atoms with Crippen LogP contribution in [0, 0.1) is 6.92 Å². The van der Waals surface area contributed by atoms with Crippen LogP contribution < -0.4 is 10.6 Å². The fourth-order valence-electron chi connectivity index (χ4n) is 2.47. The molecule has 128 valence electrons. The van der Waals surface area contributed by atoms with E-state index in [4.69, 9.17) is 0 Å². The molecule has 1 aromatic heterocycles. The van der Waals surface area contributed by atoms with Crippen LogP contribution in [0.25, 0.3) is 0 Å². The van der Waals surface area contributed by atoms with Crippen molar-refractivity contribution in [2.45, 2.75) is 46.5 Å². The van der Waals surface area contributed by atoms with Crippen LogP contribution in [0.2, 0.25) is 0 Å². The Balaban J connectivity index is 2.17. The molecular weight excluding hydrogens is 300 g/mol. The number of unbranched alkanes of at least 4 members (excludes halogenated alkanes) is 1. The summed E-state index contributed by atoms with van der Waals surface area (Å²) in [6.45, 7) is 9.16. The standard InChI is InChI=1S/C19H26N4O/c1-5-6-11-20-19-21-12-10-16(22-19)18(24)23-17-14(4)8-7-9-15(17)13(2)3/h7-10,12-13H,5-6,11H2,1-4H3,(H,23,24)(H,20,21,22). The number of anilines is 2. The van der Waals surface area contributed by atoms with Crippen molar-refractivity contribution in [3.8, 4) is 0 Å². The molecule has 0 unspecified atom stereocenters. The van der Waals surface area contributed by atoms with Crippen LogP contribution in [0.1, 0.15) is 61.1 Å². The number of nitrogens with zero attached hydrogens (tertiary/aromatic N) is 2. The van der Waals surface area contributed by atoms with E-state index in [1.54, 1.807) is 12.3 Å². The Kier molecular flexibility index (Phi) is 6.29. The molecule has 24 heavy (non-hydrogen) atoms. The average Bonchev–Trinajstić information content (AvgIpc) is 2.57. The summed E-state index contributed by atoms with van der Waals surface area (Å²) in [5.41, 5.74) is 3.40. The molecule has 2 rings (SSSR count). The van der Waals surface area contributed by atoms with Crippen LogP contribution in [-0.4, -0.2) is 22.4 Å². The van der Waals surface area contributed by atoms with Gasteiger partial charge in [-0.1, -0.05) is 45.4 Å². The Labute approximate surface area is 143 Å². The number of para-hydroxylation sites is 1. The summed E-state index contributed by atoms with van der Waals surface area (Å²) < 4.78 is 0. The van der Waals surface area contributed by atoms with Crippen molar-refractivity contribution in [3.63, 3.8) is 0 Å². The molecule has 0 aliphatic heterocycles. The molecule has 1 aromatic carbocycles. The van der Waals surface area contributed by atoms with E-state index in [0.29, 0.717) is 17.6 Å². The number of nitrogens with one attached hydrogen (secondary N) is 2. The van der Waals surface area contributed by atoms with Crippen molar-refractivity contribution in [2.24, 2.45) is 0 Å². The van der Waals surface area contributed by atoms with Crippen LogP contribution in [0.15, 0.2) is 30.5 Å². The third kappa shape index (κ3) is 4.54. The predicted molar refractivity (Wildman–Crippen MR) is 98.7 cm³/mol. The van der Waals surface area contributed by atoms with E-state index >= 15 is 0 Å².